The lowest BCUT2D eigenvalue weighted by Crippen LogP contribution is -2.39. The van der Waals surface area contributed by atoms with Crippen LogP contribution >= 0.6 is 0 Å². The first-order valence-electron chi connectivity index (χ1n) is 4.26. The molecule has 1 saturated carbocycles. The number of nitrogens with one attached hydrogen (secondary N) is 1. The number of hydrogen-bond donors (Lipinski definition) is 2. The van der Waals surface area contributed by atoms with Crippen molar-refractivity contribution < 1.29 is 0 Å². The summed E-state index contributed by atoms with van der Waals surface area (Å²) in [6, 6.07) is 0.693. The van der Waals surface area contributed by atoms with Crippen LogP contribution < -0.4 is 11.1 Å². The quantitative estimate of drug-likeness (QED) is 0.596. The molecule has 0 heterocycles. The minimum Gasteiger partial charge on any atom is -0.330 e. The molecule has 2 unspecified atom stereocenters. The normalized spacial score (nSPS) is 34.2. The average Bonchev–Trinajstić information content (AvgIpc) is 2.04. The van der Waals surface area contributed by atoms with Crippen LogP contribution in [0.2, 0.25) is 0 Å². The van der Waals surface area contributed by atoms with Crippen LogP contribution in [0.1, 0.15) is 25.7 Å². The lowest BCUT2D eigenvalue weighted by molar-refractivity contribution is 0.281. The molecule has 3 N–H and O–H groups in total. The fourth-order valence-corrected chi connectivity index (χ4v) is 1.87. The Hall–Kier alpha value is -0.0800. The summed E-state index contributed by atoms with van der Waals surface area (Å²) >= 11 is 0. The maximum absolute atomic E-state index is 5.63. The third-order valence-corrected chi connectivity index (χ3v) is 2.58. The summed E-state index contributed by atoms with van der Waals surface area (Å²) in [5, 5.41) is 3.32. The first-order valence-corrected chi connectivity index (χ1v) is 4.26. The molecule has 2 heteroatoms. The highest BCUT2D eigenvalue weighted by Gasteiger charge is 2.21. The lowest BCUT2D eigenvalue weighted by atomic mass is 9.85. The summed E-state index contributed by atoms with van der Waals surface area (Å²) < 4.78 is 0. The van der Waals surface area contributed by atoms with Gasteiger partial charge in [0.15, 0.2) is 0 Å². The predicted octanol–water partition coefficient (Wildman–Crippen LogP) is 0.723. The van der Waals surface area contributed by atoms with Gasteiger partial charge < -0.3 is 11.1 Å². The summed E-state index contributed by atoms with van der Waals surface area (Å²) in [7, 11) is 2.04. The predicted molar refractivity (Wildman–Crippen MR) is 43.9 cm³/mol. The van der Waals surface area contributed by atoms with Gasteiger partial charge in [0.1, 0.15) is 0 Å². The molecule has 0 saturated heterocycles. The van der Waals surface area contributed by atoms with Gasteiger partial charge in [0, 0.05) is 6.04 Å². The van der Waals surface area contributed by atoms with Crippen LogP contribution in [0.3, 0.4) is 0 Å². The Morgan fingerprint density at radius 2 is 2.10 bits per heavy atom. The maximum Gasteiger partial charge on any atom is 0.0104 e. The standard InChI is InChI=1S/C8H18N2/c1-10-8-5-3-2-4-7(8)6-9/h7-8,10H,2-6,9H2,1H3. The van der Waals surface area contributed by atoms with Crippen LogP contribution in [0.5, 0.6) is 0 Å². The van der Waals surface area contributed by atoms with E-state index in [1.807, 2.05) is 7.05 Å². The molecular weight excluding hydrogens is 124 g/mol. The molecule has 0 aromatic heterocycles. The summed E-state index contributed by atoms with van der Waals surface area (Å²) in [6.45, 7) is 0.853. The first-order chi connectivity index (χ1) is 4.88. The summed E-state index contributed by atoms with van der Waals surface area (Å²) in [6.07, 6.45) is 5.39. The van der Waals surface area contributed by atoms with E-state index >= 15 is 0 Å². The molecule has 10 heavy (non-hydrogen) atoms. The number of hydrogen-bond acceptors (Lipinski definition) is 2. The zero-order chi connectivity index (χ0) is 7.40. The van der Waals surface area contributed by atoms with Gasteiger partial charge in [0.2, 0.25) is 0 Å². The van der Waals surface area contributed by atoms with Crippen molar-refractivity contribution in [1.29, 1.82) is 0 Å². The van der Waals surface area contributed by atoms with E-state index in [0.717, 1.165) is 12.5 Å². The molecule has 1 rings (SSSR count). The molecule has 60 valence electrons. The molecule has 0 aromatic carbocycles. The summed E-state index contributed by atoms with van der Waals surface area (Å²) in [5.41, 5.74) is 5.63. The van der Waals surface area contributed by atoms with E-state index in [9.17, 15) is 0 Å². The molecule has 2 nitrogen and oxygen atoms in total. The Kier molecular flexibility index (Phi) is 3.16. The second kappa shape index (κ2) is 3.94. The fraction of sp³-hybridized carbons (Fsp3) is 1.00. The van der Waals surface area contributed by atoms with Crippen molar-refractivity contribution in [2.24, 2.45) is 11.7 Å². The topological polar surface area (TPSA) is 38.0 Å². The molecule has 1 aliphatic carbocycles. The Labute approximate surface area is 63.2 Å². The van der Waals surface area contributed by atoms with Gasteiger partial charge in [-0.1, -0.05) is 12.8 Å². The van der Waals surface area contributed by atoms with Crippen molar-refractivity contribution in [3.05, 3.63) is 0 Å². The molecule has 0 spiro atoms. The van der Waals surface area contributed by atoms with Crippen molar-refractivity contribution in [1.82, 2.24) is 5.32 Å². The van der Waals surface area contributed by atoms with Crippen LogP contribution in [0.4, 0.5) is 0 Å². The largest absolute Gasteiger partial charge is 0.330 e. The van der Waals surface area contributed by atoms with E-state index in [0.29, 0.717) is 6.04 Å². The number of nitrogens with two attached hydrogens (primary N) is 1. The molecule has 1 aliphatic rings. The monoisotopic (exact) mass is 142 g/mol. The highest BCUT2D eigenvalue weighted by molar-refractivity contribution is 4.79. The van der Waals surface area contributed by atoms with Crippen LogP contribution in [0, 0.1) is 5.92 Å². The van der Waals surface area contributed by atoms with Crippen molar-refractivity contribution in [2.45, 2.75) is 31.7 Å². The molecule has 0 radical (unpaired) electrons. The van der Waals surface area contributed by atoms with Crippen molar-refractivity contribution in [2.75, 3.05) is 13.6 Å². The van der Waals surface area contributed by atoms with E-state index in [2.05, 4.69) is 5.32 Å². The van der Waals surface area contributed by atoms with Crippen LogP contribution in [-0.4, -0.2) is 19.6 Å². The third-order valence-electron chi connectivity index (χ3n) is 2.58. The molecule has 0 amide bonds. The molecule has 0 bridgehead atoms. The Balaban J connectivity index is 2.34. The second-order valence-corrected chi connectivity index (χ2v) is 3.18. The highest BCUT2D eigenvalue weighted by atomic mass is 14.9. The molecule has 0 aliphatic heterocycles. The van der Waals surface area contributed by atoms with E-state index < -0.39 is 0 Å². The van der Waals surface area contributed by atoms with E-state index in [1.54, 1.807) is 0 Å². The van der Waals surface area contributed by atoms with Crippen molar-refractivity contribution in [3.8, 4) is 0 Å². The van der Waals surface area contributed by atoms with Gasteiger partial charge in [0.05, 0.1) is 0 Å². The molecule has 0 aromatic rings. The SMILES string of the molecule is CNC1CCCCC1CN. The zero-order valence-corrected chi connectivity index (χ0v) is 6.77. The summed E-state index contributed by atoms with van der Waals surface area (Å²) in [4.78, 5) is 0. The Morgan fingerprint density at radius 3 is 2.60 bits per heavy atom. The fourth-order valence-electron chi connectivity index (χ4n) is 1.87. The zero-order valence-electron chi connectivity index (χ0n) is 6.77. The lowest BCUT2D eigenvalue weighted by Gasteiger charge is -2.30. The Morgan fingerprint density at radius 1 is 1.40 bits per heavy atom. The molecule has 2 atom stereocenters. The van der Waals surface area contributed by atoms with Gasteiger partial charge in [-0.3, -0.25) is 0 Å². The van der Waals surface area contributed by atoms with Gasteiger partial charge >= 0.3 is 0 Å². The maximum atomic E-state index is 5.63. The van der Waals surface area contributed by atoms with Gasteiger partial charge in [-0.15, -0.1) is 0 Å². The van der Waals surface area contributed by atoms with Gasteiger partial charge in [-0.25, -0.2) is 0 Å². The van der Waals surface area contributed by atoms with Crippen LogP contribution in [-0.2, 0) is 0 Å². The molecule has 1 fully saturated rings. The molecular formula is C8H18N2. The minimum absolute atomic E-state index is 0.693. The second-order valence-electron chi connectivity index (χ2n) is 3.18. The van der Waals surface area contributed by atoms with E-state index in [4.69, 9.17) is 5.73 Å². The summed E-state index contributed by atoms with van der Waals surface area (Å²) in [5.74, 6) is 0.735. The van der Waals surface area contributed by atoms with Gasteiger partial charge in [-0.05, 0) is 32.4 Å². The van der Waals surface area contributed by atoms with Gasteiger partial charge in [0.25, 0.3) is 0 Å². The highest BCUT2D eigenvalue weighted by Crippen LogP contribution is 2.22. The van der Waals surface area contributed by atoms with Crippen molar-refractivity contribution in [3.63, 3.8) is 0 Å². The first kappa shape index (κ1) is 8.02. The number of rotatable bonds is 2. The average molecular weight is 142 g/mol. The minimum atomic E-state index is 0.693. The van der Waals surface area contributed by atoms with Crippen LogP contribution in [0.15, 0.2) is 0 Å². The van der Waals surface area contributed by atoms with Gasteiger partial charge in [-0.2, -0.15) is 0 Å². The Bertz CT molecular complexity index is 81.3. The van der Waals surface area contributed by atoms with E-state index in [-0.39, 0.29) is 0 Å². The van der Waals surface area contributed by atoms with Crippen LogP contribution in [0.25, 0.3) is 0 Å². The van der Waals surface area contributed by atoms with Crippen molar-refractivity contribution >= 4 is 0 Å². The third kappa shape index (κ3) is 1.70. The van der Waals surface area contributed by atoms with E-state index in [1.165, 1.54) is 25.7 Å². The smallest absolute Gasteiger partial charge is 0.0104 e.